The fourth-order valence-corrected chi connectivity index (χ4v) is 1.92. The molecule has 0 saturated heterocycles. The van der Waals surface area contributed by atoms with E-state index in [1.807, 2.05) is 4.57 Å². The van der Waals surface area contributed by atoms with E-state index in [0.29, 0.717) is 10.8 Å². The molecule has 3 nitrogen and oxygen atoms in total. The number of aromatic amines is 1. The highest BCUT2D eigenvalue weighted by Gasteiger charge is 2.10. The van der Waals surface area contributed by atoms with E-state index in [9.17, 15) is 0 Å². The molecule has 0 fully saturated rings. The SMILES string of the molecule is CCC(CC)n1c(CO)c[nH]c1=S. The standard InChI is InChI=1S/C9H16N2OS/c1-3-7(4-2)11-8(6-12)5-10-9(11)13/h5,7,12H,3-4,6H2,1-2H3,(H,10,13). The molecule has 0 aliphatic heterocycles. The van der Waals surface area contributed by atoms with E-state index < -0.39 is 0 Å². The number of aliphatic hydroxyl groups excluding tert-OH is 1. The number of imidazole rings is 1. The van der Waals surface area contributed by atoms with Gasteiger partial charge in [-0.1, -0.05) is 13.8 Å². The smallest absolute Gasteiger partial charge is 0.177 e. The number of hydrogen-bond donors (Lipinski definition) is 2. The normalized spacial score (nSPS) is 11.1. The first-order valence-corrected chi connectivity index (χ1v) is 5.05. The first-order valence-electron chi connectivity index (χ1n) is 4.64. The number of nitrogens with one attached hydrogen (secondary N) is 1. The van der Waals surface area contributed by atoms with E-state index in [-0.39, 0.29) is 6.61 Å². The average Bonchev–Trinajstić information content (AvgIpc) is 2.51. The first kappa shape index (κ1) is 10.5. The van der Waals surface area contributed by atoms with Crippen LogP contribution in [0.15, 0.2) is 6.20 Å². The third kappa shape index (κ3) is 2.00. The second kappa shape index (κ2) is 4.58. The highest BCUT2D eigenvalue weighted by molar-refractivity contribution is 7.71. The molecule has 0 spiro atoms. The molecule has 0 radical (unpaired) electrons. The number of nitrogens with zero attached hydrogens (tertiary/aromatic N) is 1. The van der Waals surface area contributed by atoms with Crippen molar-refractivity contribution < 1.29 is 5.11 Å². The van der Waals surface area contributed by atoms with Crippen LogP contribution < -0.4 is 0 Å². The average molecular weight is 200 g/mol. The van der Waals surface area contributed by atoms with Crippen molar-refractivity contribution in [3.8, 4) is 0 Å². The molecule has 0 aromatic carbocycles. The zero-order chi connectivity index (χ0) is 9.84. The number of aliphatic hydroxyl groups is 1. The van der Waals surface area contributed by atoms with E-state index >= 15 is 0 Å². The van der Waals surface area contributed by atoms with Gasteiger partial charge in [-0.25, -0.2) is 0 Å². The molecular weight excluding hydrogens is 184 g/mol. The molecule has 74 valence electrons. The largest absolute Gasteiger partial charge is 0.390 e. The Balaban J connectivity index is 3.09. The van der Waals surface area contributed by atoms with E-state index in [1.165, 1.54) is 0 Å². The minimum Gasteiger partial charge on any atom is -0.390 e. The molecule has 0 unspecified atom stereocenters. The summed E-state index contributed by atoms with van der Waals surface area (Å²) in [6.07, 6.45) is 3.85. The predicted octanol–water partition coefficient (Wildman–Crippen LogP) is 2.40. The number of rotatable bonds is 4. The van der Waals surface area contributed by atoms with E-state index in [1.54, 1.807) is 6.20 Å². The molecule has 1 aromatic rings. The zero-order valence-electron chi connectivity index (χ0n) is 8.08. The third-order valence-electron chi connectivity index (χ3n) is 2.36. The van der Waals surface area contributed by atoms with Crippen molar-refractivity contribution in [2.24, 2.45) is 0 Å². The molecule has 0 amide bonds. The lowest BCUT2D eigenvalue weighted by molar-refractivity contribution is 0.264. The van der Waals surface area contributed by atoms with Crippen LogP contribution in [0.1, 0.15) is 38.4 Å². The van der Waals surface area contributed by atoms with Gasteiger partial charge >= 0.3 is 0 Å². The minimum atomic E-state index is 0.0453. The van der Waals surface area contributed by atoms with Crippen LogP contribution in [0.5, 0.6) is 0 Å². The van der Waals surface area contributed by atoms with Gasteiger partial charge in [0.25, 0.3) is 0 Å². The topological polar surface area (TPSA) is 41.0 Å². The van der Waals surface area contributed by atoms with Crippen LogP contribution in [0.3, 0.4) is 0 Å². The van der Waals surface area contributed by atoms with Crippen molar-refractivity contribution in [3.63, 3.8) is 0 Å². The van der Waals surface area contributed by atoms with Crippen LogP contribution in [0.25, 0.3) is 0 Å². The summed E-state index contributed by atoms with van der Waals surface area (Å²) >= 11 is 5.14. The summed E-state index contributed by atoms with van der Waals surface area (Å²) in [6, 6.07) is 0.404. The number of H-pyrrole nitrogens is 1. The van der Waals surface area contributed by atoms with E-state index in [2.05, 4.69) is 18.8 Å². The molecule has 2 N–H and O–H groups in total. The Morgan fingerprint density at radius 3 is 2.62 bits per heavy atom. The van der Waals surface area contributed by atoms with E-state index in [4.69, 9.17) is 17.3 Å². The highest BCUT2D eigenvalue weighted by Crippen LogP contribution is 2.18. The molecule has 13 heavy (non-hydrogen) atoms. The second-order valence-corrected chi connectivity index (χ2v) is 3.47. The van der Waals surface area contributed by atoms with Crippen molar-refractivity contribution in [1.29, 1.82) is 0 Å². The lowest BCUT2D eigenvalue weighted by Crippen LogP contribution is -2.10. The maximum atomic E-state index is 9.08. The molecule has 4 heteroatoms. The molecule has 0 saturated carbocycles. The first-order chi connectivity index (χ1) is 6.24. The molecule has 0 bridgehead atoms. The maximum absolute atomic E-state index is 9.08. The van der Waals surface area contributed by atoms with Gasteiger partial charge in [0.2, 0.25) is 0 Å². The van der Waals surface area contributed by atoms with Crippen molar-refractivity contribution in [1.82, 2.24) is 9.55 Å². The number of aromatic nitrogens is 2. The Kier molecular flexibility index (Phi) is 3.69. The lowest BCUT2D eigenvalue weighted by Gasteiger charge is -2.16. The van der Waals surface area contributed by atoms with Gasteiger partial charge in [0.05, 0.1) is 12.3 Å². The van der Waals surface area contributed by atoms with Crippen molar-refractivity contribution in [3.05, 3.63) is 16.7 Å². The second-order valence-electron chi connectivity index (χ2n) is 3.08. The maximum Gasteiger partial charge on any atom is 0.177 e. The fourth-order valence-electron chi connectivity index (χ4n) is 1.59. The van der Waals surface area contributed by atoms with Crippen LogP contribution in [0.4, 0.5) is 0 Å². The quantitative estimate of drug-likeness (QED) is 0.733. The molecule has 1 rings (SSSR count). The number of hydrogen-bond acceptors (Lipinski definition) is 2. The fraction of sp³-hybridized carbons (Fsp3) is 0.667. The van der Waals surface area contributed by atoms with Gasteiger partial charge in [0.15, 0.2) is 4.77 Å². The predicted molar refractivity (Wildman–Crippen MR) is 55.2 cm³/mol. The van der Waals surface area contributed by atoms with Gasteiger partial charge in [-0.2, -0.15) is 0 Å². The lowest BCUT2D eigenvalue weighted by atomic mass is 10.1. The molecule has 1 aromatic heterocycles. The summed E-state index contributed by atoms with van der Waals surface area (Å²) in [4.78, 5) is 2.96. The summed E-state index contributed by atoms with van der Waals surface area (Å²) in [5, 5.41) is 9.08. The summed E-state index contributed by atoms with van der Waals surface area (Å²) in [7, 11) is 0. The minimum absolute atomic E-state index is 0.0453. The molecule has 0 atom stereocenters. The van der Waals surface area contributed by atoms with Crippen LogP contribution in [0.2, 0.25) is 0 Å². The van der Waals surface area contributed by atoms with E-state index in [0.717, 1.165) is 18.5 Å². The Labute approximate surface area is 83.4 Å². The van der Waals surface area contributed by atoms with Gasteiger partial charge in [-0.3, -0.25) is 0 Å². The van der Waals surface area contributed by atoms with Crippen LogP contribution in [0, 0.1) is 4.77 Å². The van der Waals surface area contributed by atoms with Gasteiger partial charge in [-0.15, -0.1) is 0 Å². The van der Waals surface area contributed by atoms with Crippen LogP contribution in [-0.2, 0) is 6.61 Å². The van der Waals surface area contributed by atoms with Gasteiger partial charge in [0, 0.05) is 12.2 Å². The van der Waals surface area contributed by atoms with Crippen molar-refractivity contribution >= 4 is 12.2 Å². The molecule has 1 heterocycles. The molecular formula is C9H16N2OS. The third-order valence-corrected chi connectivity index (χ3v) is 2.67. The monoisotopic (exact) mass is 200 g/mol. The van der Waals surface area contributed by atoms with Crippen molar-refractivity contribution in [2.75, 3.05) is 0 Å². The van der Waals surface area contributed by atoms with Gasteiger partial charge in [0.1, 0.15) is 0 Å². The Bertz CT molecular complexity index is 312. The summed E-state index contributed by atoms with van der Waals surface area (Å²) in [5.41, 5.74) is 0.874. The highest BCUT2D eigenvalue weighted by atomic mass is 32.1. The molecule has 0 aliphatic carbocycles. The van der Waals surface area contributed by atoms with Gasteiger partial charge < -0.3 is 14.7 Å². The zero-order valence-corrected chi connectivity index (χ0v) is 8.90. The van der Waals surface area contributed by atoms with Gasteiger partial charge in [-0.05, 0) is 25.1 Å². The van der Waals surface area contributed by atoms with Crippen LogP contribution >= 0.6 is 12.2 Å². The van der Waals surface area contributed by atoms with Crippen LogP contribution in [-0.4, -0.2) is 14.7 Å². The summed E-state index contributed by atoms with van der Waals surface area (Å²) in [5.74, 6) is 0. The Morgan fingerprint density at radius 1 is 1.54 bits per heavy atom. The Morgan fingerprint density at radius 2 is 2.15 bits per heavy atom. The summed E-state index contributed by atoms with van der Waals surface area (Å²) in [6.45, 7) is 4.30. The molecule has 0 aliphatic rings. The summed E-state index contributed by atoms with van der Waals surface area (Å²) < 4.78 is 2.72. The van der Waals surface area contributed by atoms with Crippen molar-refractivity contribution in [2.45, 2.75) is 39.3 Å². The Hall–Kier alpha value is -0.610.